The lowest BCUT2D eigenvalue weighted by Crippen LogP contribution is -2.47. The highest BCUT2D eigenvalue weighted by Gasteiger charge is 2.28. The summed E-state index contributed by atoms with van der Waals surface area (Å²) in [4.78, 5) is 28.8. The third-order valence-corrected chi connectivity index (χ3v) is 4.75. The van der Waals surface area contributed by atoms with Crippen LogP contribution in [0.15, 0.2) is 24.3 Å². The Morgan fingerprint density at radius 2 is 2.04 bits per heavy atom. The van der Waals surface area contributed by atoms with Crippen LogP contribution in [0.5, 0.6) is 0 Å². The number of benzene rings is 1. The van der Waals surface area contributed by atoms with Gasteiger partial charge in [-0.05, 0) is 70.8 Å². The number of nitrogens with one attached hydrogen (secondary N) is 1. The number of nitrogens with zero attached hydrogens (tertiary/aromatic N) is 2. The van der Waals surface area contributed by atoms with E-state index in [1.54, 1.807) is 7.05 Å². The Hall–Kier alpha value is -2.08. The van der Waals surface area contributed by atoms with Crippen molar-refractivity contribution in [3.8, 4) is 0 Å². The number of likely N-dealkylation sites (tertiary alicyclic amines) is 1. The summed E-state index contributed by atoms with van der Waals surface area (Å²) in [5, 5.41) is 3.07. The summed E-state index contributed by atoms with van der Waals surface area (Å²) >= 11 is 0. The number of carbonyl (C=O) groups excluding carboxylic acids is 2. The molecular weight excluding hydrogens is 354 g/mol. The zero-order valence-electron chi connectivity index (χ0n) is 18.0. The van der Waals surface area contributed by atoms with Crippen LogP contribution in [0.3, 0.4) is 0 Å². The van der Waals surface area contributed by atoms with Gasteiger partial charge in [0.2, 0.25) is 5.91 Å². The Kier molecular flexibility index (Phi) is 7.87. The Labute approximate surface area is 169 Å². The molecule has 0 radical (unpaired) electrons. The maximum Gasteiger partial charge on any atom is 0.410 e. The molecule has 156 valence electrons. The number of anilines is 1. The molecular formula is C22H35N3O3. The molecule has 1 saturated heterocycles. The quantitative estimate of drug-likeness (QED) is 0.790. The number of carbonyl (C=O) groups is 2. The van der Waals surface area contributed by atoms with Gasteiger partial charge in [-0.1, -0.05) is 25.5 Å². The van der Waals surface area contributed by atoms with Crippen LogP contribution in [-0.4, -0.2) is 53.6 Å². The van der Waals surface area contributed by atoms with Crippen molar-refractivity contribution in [2.24, 2.45) is 0 Å². The molecule has 1 heterocycles. The zero-order valence-corrected chi connectivity index (χ0v) is 18.0. The molecule has 0 spiro atoms. The molecule has 1 aliphatic rings. The number of rotatable bonds is 6. The van der Waals surface area contributed by atoms with Gasteiger partial charge in [0.05, 0.1) is 6.04 Å². The molecule has 1 aliphatic heterocycles. The predicted octanol–water partition coefficient (Wildman–Crippen LogP) is 4.26. The number of hydrogen-bond donors (Lipinski definition) is 1. The van der Waals surface area contributed by atoms with Crippen molar-refractivity contribution < 1.29 is 14.3 Å². The monoisotopic (exact) mass is 389 g/mol. The average molecular weight is 390 g/mol. The Morgan fingerprint density at radius 1 is 1.29 bits per heavy atom. The Balaban J connectivity index is 1.98. The summed E-state index contributed by atoms with van der Waals surface area (Å²) in [5.74, 6) is 0.0609. The van der Waals surface area contributed by atoms with Gasteiger partial charge < -0.3 is 15.0 Å². The zero-order chi connectivity index (χ0) is 20.7. The minimum Gasteiger partial charge on any atom is -0.444 e. The van der Waals surface area contributed by atoms with Crippen LogP contribution in [-0.2, 0) is 16.1 Å². The first-order valence-corrected chi connectivity index (χ1v) is 10.3. The third-order valence-electron chi connectivity index (χ3n) is 4.75. The molecule has 0 saturated carbocycles. The van der Waals surface area contributed by atoms with Crippen molar-refractivity contribution in [1.82, 2.24) is 9.80 Å². The molecule has 6 nitrogen and oxygen atoms in total. The second-order valence-corrected chi connectivity index (χ2v) is 8.57. The molecule has 1 aromatic carbocycles. The van der Waals surface area contributed by atoms with E-state index in [2.05, 4.69) is 17.1 Å². The van der Waals surface area contributed by atoms with Crippen LogP contribution in [0, 0.1) is 0 Å². The van der Waals surface area contributed by atoms with Crippen molar-refractivity contribution >= 4 is 17.7 Å². The van der Waals surface area contributed by atoms with E-state index in [1.165, 1.54) is 4.90 Å². The summed E-state index contributed by atoms with van der Waals surface area (Å²) in [7, 11) is 1.71. The summed E-state index contributed by atoms with van der Waals surface area (Å²) < 4.78 is 5.39. The Morgan fingerprint density at radius 3 is 2.71 bits per heavy atom. The van der Waals surface area contributed by atoms with Gasteiger partial charge in [0.1, 0.15) is 5.60 Å². The fraction of sp³-hybridized carbons (Fsp3) is 0.636. The summed E-state index contributed by atoms with van der Waals surface area (Å²) in [6.07, 6.45) is 3.86. The van der Waals surface area contributed by atoms with Crippen LogP contribution in [0.2, 0.25) is 0 Å². The van der Waals surface area contributed by atoms with Gasteiger partial charge in [0.25, 0.3) is 0 Å². The van der Waals surface area contributed by atoms with E-state index in [4.69, 9.17) is 4.74 Å². The molecule has 0 aromatic heterocycles. The first kappa shape index (κ1) is 22.2. The highest BCUT2D eigenvalue weighted by molar-refractivity contribution is 5.95. The van der Waals surface area contributed by atoms with Crippen molar-refractivity contribution in [1.29, 1.82) is 0 Å². The minimum absolute atomic E-state index is 0.0539. The first-order valence-electron chi connectivity index (χ1n) is 10.3. The molecule has 2 rings (SSSR count). The van der Waals surface area contributed by atoms with E-state index in [9.17, 15) is 9.59 Å². The van der Waals surface area contributed by atoms with E-state index >= 15 is 0 Å². The molecule has 6 heteroatoms. The van der Waals surface area contributed by atoms with Crippen molar-refractivity contribution in [3.63, 3.8) is 0 Å². The fourth-order valence-electron chi connectivity index (χ4n) is 3.49. The number of hydrogen-bond acceptors (Lipinski definition) is 4. The molecule has 1 fully saturated rings. The van der Waals surface area contributed by atoms with E-state index in [0.717, 1.165) is 50.0 Å². The maximum absolute atomic E-state index is 12.8. The third kappa shape index (κ3) is 6.82. The van der Waals surface area contributed by atoms with E-state index < -0.39 is 5.60 Å². The van der Waals surface area contributed by atoms with Gasteiger partial charge in [0.15, 0.2) is 0 Å². The summed E-state index contributed by atoms with van der Waals surface area (Å²) in [5.41, 5.74) is 1.19. The van der Waals surface area contributed by atoms with Crippen LogP contribution < -0.4 is 5.32 Å². The van der Waals surface area contributed by atoms with Gasteiger partial charge >= 0.3 is 6.09 Å². The first-order chi connectivity index (χ1) is 13.2. The average Bonchev–Trinajstić information content (AvgIpc) is 2.61. The van der Waals surface area contributed by atoms with Gasteiger partial charge in [-0.15, -0.1) is 0 Å². The van der Waals surface area contributed by atoms with Gasteiger partial charge in [-0.25, -0.2) is 4.79 Å². The van der Waals surface area contributed by atoms with Crippen molar-refractivity contribution in [2.45, 2.75) is 71.6 Å². The molecule has 1 atom stereocenters. The number of ether oxygens (including phenoxy) is 1. The Bertz CT molecular complexity index is 667. The van der Waals surface area contributed by atoms with Gasteiger partial charge in [0, 0.05) is 19.3 Å². The molecule has 0 aliphatic carbocycles. The summed E-state index contributed by atoms with van der Waals surface area (Å²) in [6, 6.07) is 7.61. The van der Waals surface area contributed by atoms with Crippen molar-refractivity contribution in [3.05, 3.63) is 29.8 Å². The molecule has 1 unspecified atom stereocenters. The summed E-state index contributed by atoms with van der Waals surface area (Å²) in [6.45, 7) is 10.1. The minimum atomic E-state index is -0.522. The number of amides is 2. The van der Waals surface area contributed by atoms with E-state index in [1.807, 2.05) is 45.0 Å². The second-order valence-electron chi connectivity index (χ2n) is 8.57. The van der Waals surface area contributed by atoms with Crippen LogP contribution in [0.25, 0.3) is 0 Å². The fourth-order valence-corrected chi connectivity index (χ4v) is 3.49. The lowest BCUT2D eigenvalue weighted by Gasteiger charge is -2.34. The molecule has 1 aromatic rings. The van der Waals surface area contributed by atoms with E-state index in [0.29, 0.717) is 6.54 Å². The van der Waals surface area contributed by atoms with E-state index in [-0.39, 0.29) is 18.0 Å². The molecule has 1 N–H and O–H groups in total. The standard InChI is InChI=1S/C22H35N3O3/c1-6-13-25-14-8-7-12-19(25)20(26)23-18-11-9-10-17(15-18)16-24(5)21(27)28-22(2,3)4/h9-11,15,19H,6-8,12-14,16H2,1-5H3,(H,23,26). The van der Waals surface area contributed by atoms with Gasteiger partial charge in [-0.3, -0.25) is 9.69 Å². The number of piperidine rings is 1. The molecule has 28 heavy (non-hydrogen) atoms. The predicted molar refractivity (Wildman–Crippen MR) is 112 cm³/mol. The highest BCUT2D eigenvalue weighted by Crippen LogP contribution is 2.20. The smallest absolute Gasteiger partial charge is 0.410 e. The topological polar surface area (TPSA) is 61.9 Å². The SMILES string of the molecule is CCCN1CCCCC1C(=O)Nc1cccc(CN(C)C(=O)OC(C)(C)C)c1. The lowest BCUT2D eigenvalue weighted by atomic mass is 10.0. The maximum atomic E-state index is 12.8. The molecule has 0 bridgehead atoms. The van der Waals surface area contributed by atoms with Crippen LogP contribution >= 0.6 is 0 Å². The second kappa shape index (κ2) is 9.92. The van der Waals surface area contributed by atoms with Crippen LogP contribution in [0.1, 0.15) is 58.9 Å². The van der Waals surface area contributed by atoms with Crippen molar-refractivity contribution in [2.75, 3.05) is 25.5 Å². The van der Waals surface area contributed by atoms with Gasteiger partial charge in [-0.2, -0.15) is 0 Å². The van der Waals surface area contributed by atoms with Crippen LogP contribution in [0.4, 0.5) is 10.5 Å². The normalized spacial score (nSPS) is 17.8. The highest BCUT2D eigenvalue weighted by atomic mass is 16.6. The molecule has 2 amide bonds. The lowest BCUT2D eigenvalue weighted by molar-refractivity contribution is -0.122. The largest absolute Gasteiger partial charge is 0.444 e.